The molecule has 0 aliphatic carbocycles. The first-order valence-corrected chi connectivity index (χ1v) is 7.38. The van der Waals surface area contributed by atoms with Gasteiger partial charge < -0.3 is 10.0 Å². The van der Waals surface area contributed by atoms with Crippen molar-refractivity contribution in [3.05, 3.63) is 11.1 Å². The van der Waals surface area contributed by atoms with Crippen molar-refractivity contribution in [2.24, 2.45) is 5.92 Å². The summed E-state index contributed by atoms with van der Waals surface area (Å²) in [7, 11) is 0. The van der Waals surface area contributed by atoms with Crippen molar-refractivity contribution in [1.29, 1.82) is 0 Å². The summed E-state index contributed by atoms with van der Waals surface area (Å²) in [5.41, 5.74) is 0.794. The molecular weight excluding hydrogens is 307 g/mol. The highest BCUT2D eigenvalue weighted by Crippen LogP contribution is 2.31. The molecule has 2 amide bonds. The van der Waals surface area contributed by atoms with E-state index in [2.05, 4.69) is 10.3 Å². The number of hydrogen-bond donors (Lipinski definition) is 2. The number of amides is 2. The van der Waals surface area contributed by atoms with Crippen LogP contribution < -0.4 is 5.32 Å². The van der Waals surface area contributed by atoms with E-state index in [1.807, 2.05) is 0 Å². The number of thiazole rings is 1. The number of likely N-dealkylation sites (tertiary alicyclic amines) is 1. The Kier molecular flexibility index (Phi) is 4.72. The number of rotatable bonds is 2. The van der Waals surface area contributed by atoms with Gasteiger partial charge in [0.05, 0.1) is 5.69 Å². The van der Waals surface area contributed by atoms with Gasteiger partial charge in [-0.1, -0.05) is 0 Å². The quantitative estimate of drug-likeness (QED) is 0.879. The van der Waals surface area contributed by atoms with Gasteiger partial charge in [0.1, 0.15) is 0 Å². The molecule has 21 heavy (non-hydrogen) atoms. The van der Waals surface area contributed by atoms with Crippen molar-refractivity contribution in [3.8, 4) is 0 Å². The third-order valence-corrected chi connectivity index (χ3v) is 4.32. The molecule has 0 aromatic carbocycles. The van der Waals surface area contributed by atoms with Crippen molar-refractivity contribution in [2.75, 3.05) is 18.4 Å². The van der Waals surface area contributed by atoms with Crippen LogP contribution in [-0.4, -0.2) is 46.4 Å². The van der Waals surface area contributed by atoms with Crippen LogP contribution in [0.5, 0.6) is 0 Å². The van der Waals surface area contributed by atoms with E-state index < -0.39 is 18.2 Å². The van der Waals surface area contributed by atoms with Crippen LogP contribution in [0.25, 0.3) is 0 Å². The standard InChI is InChI=1S/C12H16F3N3O2S/c1-7-6-21-10(16-7)17-11(20)18-4-2-8(3-5-18)9(19)12(13,14)15/h6,8-9,19H,2-5H2,1H3,(H,16,17,20). The van der Waals surface area contributed by atoms with E-state index in [4.69, 9.17) is 0 Å². The van der Waals surface area contributed by atoms with Crippen LogP contribution >= 0.6 is 11.3 Å². The predicted molar refractivity (Wildman–Crippen MR) is 72.2 cm³/mol. The Labute approximate surface area is 123 Å². The number of aliphatic hydroxyl groups is 1. The van der Waals surface area contributed by atoms with Crippen LogP contribution in [0.2, 0.25) is 0 Å². The minimum absolute atomic E-state index is 0.130. The number of carbonyl (C=O) groups excluding carboxylic acids is 1. The molecule has 2 N–H and O–H groups in total. The van der Waals surface area contributed by atoms with E-state index in [-0.39, 0.29) is 32.0 Å². The number of nitrogens with one attached hydrogen (secondary N) is 1. The van der Waals surface area contributed by atoms with Gasteiger partial charge in [0.2, 0.25) is 0 Å². The molecule has 1 fully saturated rings. The van der Waals surface area contributed by atoms with Gasteiger partial charge in [-0.15, -0.1) is 11.3 Å². The Hall–Kier alpha value is -1.35. The van der Waals surface area contributed by atoms with Crippen LogP contribution in [0.1, 0.15) is 18.5 Å². The Morgan fingerprint density at radius 3 is 2.62 bits per heavy atom. The lowest BCUT2D eigenvalue weighted by Crippen LogP contribution is -2.46. The lowest BCUT2D eigenvalue weighted by atomic mass is 9.91. The number of urea groups is 1. The summed E-state index contributed by atoms with van der Waals surface area (Å²) in [4.78, 5) is 17.5. The average molecular weight is 323 g/mol. The molecule has 2 heterocycles. The highest BCUT2D eigenvalue weighted by atomic mass is 32.1. The zero-order chi connectivity index (χ0) is 15.6. The number of aliphatic hydroxyl groups excluding tert-OH is 1. The van der Waals surface area contributed by atoms with E-state index in [1.165, 1.54) is 16.2 Å². The number of alkyl halides is 3. The van der Waals surface area contributed by atoms with Crippen molar-refractivity contribution in [3.63, 3.8) is 0 Å². The molecule has 1 atom stereocenters. The van der Waals surface area contributed by atoms with E-state index in [0.717, 1.165) is 5.69 Å². The normalized spacial score (nSPS) is 18.6. The van der Waals surface area contributed by atoms with Gasteiger partial charge in [0.25, 0.3) is 0 Å². The third-order valence-electron chi connectivity index (χ3n) is 3.44. The summed E-state index contributed by atoms with van der Waals surface area (Å²) in [6.07, 6.45) is -6.66. The van der Waals surface area contributed by atoms with Crippen LogP contribution in [0.15, 0.2) is 5.38 Å². The lowest BCUT2D eigenvalue weighted by Gasteiger charge is -2.34. The molecule has 1 aliphatic rings. The molecular formula is C12H16F3N3O2S. The fourth-order valence-electron chi connectivity index (χ4n) is 2.27. The maximum atomic E-state index is 12.4. The van der Waals surface area contributed by atoms with Crippen molar-refractivity contribution in [2.45, 2.75) is 32.0 Å². The maximum absolute atomic E-state index is 12.4. The summed E-state index contributed by atoms with van der Waals surface area (Å²) in [5.74, 6) is -0.851. The maximum Gasteiger partial charge on any atom is 0.414 e. The molecule has 0 saturated carbocycles. The van der Waals surface area contributed by atoms with Gasteiger partial charge >= 0.3 is 12.2 Å². The molecule has 5 nitrogen and oxygen atoms in total. The Bertz CT molecular complexity index is 498. The first-order chi connectivity index (χ1) is 9.77. The van der Waals surface area contributed by atoms with Crippen LogP contribution in [0.4, 0.5) is 23.1 Å². The number of hydrogen-bond acceptors (Lipinski definition) is 4. The van der Waals surface area contributed by atoms with Gasteiger partial charge in [-0.25, -0.2) is 9.78 Å². The summed E-state index contributed by atoms with van der Waals surface area (Å²) < 4.78 is 37.3. The topological polar surface area (TPSA) is 65.5 Å². The Balaban J connectivity index is 1.85. The second kappa shape index (κ2) is 6.18. The third kappa shape index (κ3) is 4.07. The molecule has 0 spiro atoms. The van der Waals surface area contributed by atoms with Crippen LogP contribution in [-0.2, 0) is 0 Å². The van der Waals surface area contributed by atoms with Gasteiger partial charge in [-0.3, -0.25) is 5.32 Å². The Morgan fingerprint density at radius 2 is 2.14 bits per heavy atom. The van der Waals surface area contributed by atoms with E-state index >= 15 is 0 Å². The van der Waals surface area contributed by atoms with Crippen LogP contribution in [0.3, 0.4) is 0 Å². The van der Waals surface area contributed by atoms with Crippen LogP contribution in [0, 0.1) is 12.8 Å². The number of piperidine rings is 1. The minimum atomic E-state index is -4.60. The first kappa shape index (κ1) is 16.0. The predicted octanol–water partition coefficient (Wildman–Crippen LogP) is 2.62. The number of nitrogens with zero attached hydrogens (tertiary/aromatic N) is 2. The largest absolute Gasteiger partial charge is 0.414 e. The molecule has 1 unspecified atom stereocenters. The molecule has 118 valence electrons. The molecule has 1 aromatic heterocycles. The van der Waals surface area contributed by atoms with E-state index in [0.29, 0.717) is 5.13 Å². The first-order valence-electron chi connectivity index (χ1n) is 6.50. The second-order valence-corrected chi connectivity index (χ2v) is 5.89. The van der Waals surface area contributed by atoms with Crippen molar-refractivity contribution >= 4 is 22.5 Å². The molecule has 1 aliphatic heterocycles. The highest BCUT2D eigenvalue weighted by molar-refractivity contribution is 7.13. The number of aromatic nitrogens is 1. The second-order valence-electron chi connectivity index (χ2n) is 5.04. The summed E-state index contributed by atoms with van der Waals surface area (Å²) in [6.45, 7) is 2.18. The zero-order valence-corrected chi connectivity index (χ0v) is 12.2. The lowest BCUT2D eigenvalue weighted by molar-refractivity contribution is -0.222. The molecule has 9 heteroatoms. The number of aryl methyl sites for hydroxylation is 1. The molecule has 0 bridgehead atoms. The van der Waals surface area contributed by atoms with Gasteiger partial charge in [-0.2, -0.15) is 13.2 Å². The monoisotopic (exact) mass is 323 g/mol. The summed E-state index contributed by atoms with van der Waals surface area (Å²) in [5, 5.41) is 14.1. The minimum Gasteiger partial charge on any atom is -0.383 e. The fourth-order valence-corrected chi connectivity index (χ4v) is 2.95. The number of anilines is 1. The average Bonchev–Trinajstić information content (AvgIpc) is 2.82. The van der Waals surface area contributed by atoms with Gasteiger partial charge in [-0.05, 0) is 25.7 Å². The Morgan fingerprint density at radius 1 is 1.52 bits per heavy atom. The van der Waals surface area contributed by atoms with E-state index in [9.17, 15) is 23.1 Å². The van der Waals surface area contributed by atoms with Crippen molar-refractivity contribution in [1.82, 2.24) is 9.88 Å². The smallest absolute Gasteiger partial charge is 0.383 e. The number of carbonyl (C=O) groups is 1. The summed E-state index contributed by atoms with van der Waals surface area (Å²) in [6, 6.07) is -0.371. The fraction of sp³-hybridized carbons (Fsp3) is 0.667. The molecule has 1 aromatic rings. The molecule has 0 radical (unpaired) electrons. The molecule has 2 rings (SSSR count). The zero-order valence-electron chi connectivity index (χ0n) is 11.4. The SMILES string of the molecule is Cc1csc(NC(=O)N2CCC(C(O)C(F)(F)F)CC2)n1. The molecule has 1 saturated heterocycles. The van der Waals surface area contributed by atoms with E-state index in [1.54, 1.807) is 12.3 Å². The van der Waals surface area contributed by atoms with Gasteiger partial charge in [0, 0.05) is 18.5 Å². The highest BCUT2D eigenvalue weighted by Gasteiger charge is 2.44. The summed E-state index contributed by atoms with van der Waals surface area (Å²) >= 11 is 1.29. The number of halogens is 3. The van der Waals surface area contributed by atoms with Crippen molar-refractivity contribution < 1.29 is 23.1 Å². The van der Waals surface area contributed by atoms with Gasteiger partial charge in [0.15, 0.2) is 11.2 Å².